The van der Waals surface area contributed by atoms with Crippen LogP contribution in [0.1, 0.15) is 92.4 Å². The highest BCUT2D eigenvalue weighted by molar-refractivity contribution is 6.08. The van der Waals surface area contributed by atoms with Crippen LogP contribution >= 0.6 is 0 Å². The van der Waals surface area contributed by atoms with Crippen molar-refractivity contribution in [3.05, 3.63) is 22.8 Å². The summed E-state index contributed by atoms with van der Waals surface area (Å²) in [4.78, 5) is 37.7. The van der Waals surface area contributed by atoms with E-state index in [0.717, 1.165) is 44.1 Å². The molecule has 5 nitrogen and oxygen atoms in total. The summed E-state index contributed by atoms with van der Waals surface area (Å²) < 4.78 is 0. The third-order valence-electron chi connectivity index (χ3n) is 10.1. The predicted octanol–water partition coefficient (Wildman–Crippen LogP) is 4.93. The molecule has 0 spiro atoms. The van der Waals surface area contributed by atoms with Gasteiger partial charge in [0.1, 0.15) is 0 Å². The van der Waals surface area contributed by atoms with E-state index in [1.807, 2.05) is 13.8 Å². The topological polar surface area (TPSA) is 83.5 Å². The lowest BCUT2D eigenvalue weighted by Crippen LogP contribution is -2.49. The van der Waals surface area contributed by atoms with Crippen molar-refractivity contribution in [2.24, 2.45) is 34.5 Å². The van der Waals surface area contributed by atoms with Gasteiger partial charge >= 0.3 is 0 Å². The van der Waals surface area contributed by atoms with Gasteiger partial charge in [0.05, 0.1) is 6.10 Å². The Morgan fingerprint density at radius 1 is 1.12 bits per heavy atom. The van der Waals surface area contributed by atoms with Crippen LogP contribution in [0, 0.1) is 34.5 Å². The van der Waals surface area contributed by atoms with Crippen molar-refractivity contribution in [3.63, 3.8) is 0 Å². The Hall–Kier alpha value is -1.75. The van der Waals surface area contributed by atoms with E-state index in [1.54, 1.807) is 0 Å². The number of rotatable bonds is 6. The first-order valence-corrected chi connectivity index (χ1v) is 13.4. The smallest absolute Gasteiger partial charge is 0.216 e. The summed E-state index contributed by atoms with van der Waals surface area (Å²) in [5.41, 5.74) is 2.87. The zero-order valence-corrected chi connectivity index (χ0v) is 21.7. The van der Waals surface area contributed by atoms with Crippen molar-refractivity contribution in [3.8, 4) is 0 Å². The number of hydrogen-bond acceptors (Lipinski definition) is 4. The molecule has 3 fully saturated rings. The lowest BCUT2D eigenvalue weighted by Gasteiger charge is -2.57. The van der Waals surface area contributed by atoms with Crippen LogP contribution in [0.25, 0.3) is 0 Å². The molecule has 7 unspecified atom stereocenters. The molecule has 188 valence electrons. The normalized spacial score (nSPS) is 39.4. The maximum absolute atomic E-state index is 13.4. The number of hydrogen-bond donors (Lipinski definition) is 2. The number of fused-ring (bicyclic) bond motifs is 5. The number of carbonyl (C=O) groups is 3. The number of ketones is 2. The zero-order valence-electron chi connectivity index (χ0n) is 21.7. The van der Waals surface area contributed by atoms with Crippen LogP contribution in [0.2, 0.25) is 0 Å². The highest BCUT2D eigenvalue weighted by atomic mass is 16.3. The van der Waals surface area contributed by atoms with Gasteiger partial charge in [-0.15, -0.1) is 0 Å². The first-order valence-electron chi connectivity index (χ1n) is 13.4. The minimum atomic E-state index is -0.213. The average Bonchev–Trinajstić information content (AvgIpc) is 3.05. The van der Waals surface area contributed by atoms with Gasteiger partial charge in [-0.1, -0.05) is 32.4 Å². The second kappa shape index (κ2) is 9.37. The van der Waals surface area contributed by atoms with Crippen LogP contribution in [0.15, 0.2) is 22.8 Å². The number of amides is 1. The molecular weight excluding hydrogens is 426 g/mol. The summed E-state index contributed by atoms with van der Waals surface area (Å²) in [6.45, 7) is 10.6. The summed E-state index contributed by atoms with van der Waals surface area (Å²) in [5.74, 6) is 1.79. The molecule has 3 saturated carbocycles. The molecule has 0 aliphatic heterocycles. The Morgan fingerprint density at radius 2 is 1.82 bits per heavy atom. The molecular formula is C29H43NO4. The molecule has 34 heavy (non-hydrogen) atoms. The van der Waals surface area contributed by atoms with Crippen molar-refractivity contribution in [2.75, 3.05) is 6.54 Å². The predicted molar refractivity (Wildman–Crippen MR) is 133 cm³/mol. The lowest BCUT2D eigenvalue weighted by atomic mass is 9.47. The highest BCUT2D eigenvalue weighted by Crippen LogP contribution is 2.65. The van der Waals surface area contributed by atoms with Gasteiger partial charge in [-0.2, -0.15) is 0 Å². The van der Waals surface area contributed by atoms with E-state index in [-0.39, 0.29) is 40.3 Å². The summed E-state index contributed by atoms with van der Waals surface area (Å²) in [6.07, 6.45) is 9.64. The molecule has 0 aromatic heterocycles. The molecule has 4 aliphatic carbocycles. The number of allylic oxidation sites excluding steroid dienone is 3. The second-order valence-electron chi connectivity index (χ2n) is 12.2. The Balaban J connectivity index is 1.52. The molecule has 0 heterocycles. The van der Waals surface area contributed by atoms with Gasteiger partial charge in [-0.25, -0.2) is 0 Å². The van der Waals surface area contributed by atoms with E-state index >= 15 is 0 Å². The van der Waals surface area contributed by atoms with Crippen molar-refractivity contribution >= 4 is 17.5 Å². The van der Waals surface area contributed by atoms with Crippen LogP contribution in [0.5, 0.6) is 0 Å². The van der Waals surface area contributed by atoms with Gasteiger partial charge in [0.15, 0.2) is 11.6 Å². The van der Waals surface area contributed by atoms with E-state index in [0.29, 0.717) is 49.1 Å². The molecule has 0 radical (unpaired) electrons. The van der Waals surface area contributed by atoms with Gasteiger partial charge in [0, 0.05) is 31.9 Å². The van der Waals surface area contributed by atoms with Gasteiger partial charge < -0.3 is 10.4 Å². The van der Waals surface area contributed by atoms with Gasteiger partial charge in [-0.05, 0) is 91.9 Å². The standard InChI is InChI=1S/C29H43NO4/c1-17(16-30-19(3)31)6-9-25(33)18(2)27-26(34)15-24-22-8-7-20-14-21(32)10-12-28(20,4)23(22)11-13-29(24,27)5/h7,17,21-24,32H,6,8-16H2,1-5H3,(H,30,31). The van der Waals surface area contributed by atoms with Crippen LogP contribution < -0.4 is 5.32 Å². The van der Waals surface area contributed by atoms with E-state index in [4.69, 9.17) is 0 Å². The molecule has 0 aromatic rings. The molecule has 1 amide bonds. The van der Waals surface area contributed by atoms with Crippen molar-refractivity contribution in [1.29, 1.82) is 0 Å². The molecule has 4 rings (SSSR count). The van der Waals surface area contributed by atoms with Crippen LogP contribution in [0.3, 0.4) is 0 Å². The summed E-state index contributed by atoms with van der Waals surface area (Å²) in [6, 6.07) is 0. The number of aliphatic hydroxyl groups excluding tert-OH is 1. The third-order valence-corrected chi connectivity index (χ3v) is 10.1. The second-order valence-corrected chi connectivity index (χ2v) is 12.2. The average molecular weight is 470 g/mol. The van der Waals surface area contributed by atoms with Crippen molar-refractivity contribution < 1.29 is 19.5 Å². The van der Waals surface area contributed by atoms with E-state index in [1.165, 1.54) is 12.5 Å². The number of aliphatic hydroxyl groups is 1. The Bertz CT molecular complexity index is 932. The largest absolute Gasteiger partial charge is 0.393 e. The maximum atomic E-state index is 13.4. The monoisotopic (exact) mass is 469 g/mol. The molecule has 4 aliphatic rings. The summed E-state index contributed by atoms with van der Waals surface area (Å²) >= 11 is 0. The summed E-state index contributed by atoms with van der Waals surface area (Å²) in [5, 5.41) is 13.0. The lowest BCUT2D eigenvalue weighted by molar-refractivity contribution is -0.119. The van der Waals surface area contributed by atoms with Gasteiger partial charge in [-0.3, -0.25) is 14.4 Å². The molecule has 5 heteroatoms. The maximum Gasteiger partial charge on any atom is 0.216 e. The Kier molecular flexibility index (Phi) is 6.98. The molecule has 0 saturated heterocycles. The Labute approximate surface area is 204 Å². The summed E-state index contributed by atoms with van der Waals surface area (Å²) in [7, 11) is 0. The fourth-order valence-corrected chi connectivity index (χ4v) is 8.03. The molecule has 7 atom stereocenters. The van der Waals surface area contributed by atoms with E-state index < -0.39 is 0 Å². The van der Waals surface area contributed by atoms with Crippen molar-refractivity contribution in [1.82, 2.24) is 5.32 Å². The molecule has 0 aromatic carbocycles. The van der Waals surface area contributed by atoms with Crippen LogP contribution in [-0.2, 0) is 14.4 Å². The minimum Gasteiger partial charge on any atom is -0.393 e. The zero-order chi connectivity index (χ0) is 24.8. The van der Waals surface area contributed by atoms with Crippen LogP contribution in [0.4, 0.5) is 0 Å². The fourth-order valence-electron chi connectivity index (χ4n) is 8.03. The quantitative estimate of drug-likeness (QED) is 0.427. The third kappa shape index (κ3) is 4.34. The first-order chi connectivity index (χ1) is 16.0. The number of Topliss-reactive ketones (excluding diaryl/α,β-unsaturated/α-hetero) is 2. The molecule has 0 bridgehead atoms. The van der Waals surface area contributed by atoms with E-state index in [2.05, 4.69) is 25.2 Å². The fraction of sp³-hybridized carbons (Fsp3) is 0.759. The van der Waals surface area contributed by atoms with Gasteiger partial charge in [0.2, 0.25) is 5.91 Å². The number of carbonyl (C=O) groups excluding carboxylic acids is 3. The van der Waals surface area contributed by atoms with Crippen LogP contribution in [-0.4, -0.2) is 35.2 Å². The SMILES string of the molecule is CC(=O)NCC(C)CCC(=O)C(C)=C1C(=O)CC2C3CC=C4CC(O)CCC4(C)C3CCC12C. The molecule has 2 N–H and O–H groups in total. The highest BCUT2D eigenvalue weighted by Gasteiger charge is 2.59. The van der Waals surface area contributed by atoms with Gasteiger partial charge in [0.25, 0.3) is 0 Å². The van der Waals surface area contributed by atoms with E-state index in [9.17, 15) is 19.5 Å². The number of nitrogens with one attached hydrogen (secondary N) is 1. The minimum absolute atomic E-state index is 0.0504. The first kappa shape index (κ1) is 25.3. The Morgan fingerprint density at radius 3 is 2.53 bits per heavy atom. The van der Waals surface area contributed by atoms with Crippen molar-refractivity contribution in [2.45, 2.75) is 98.5 Å².